The van der Waals surface area contributed by atoms with Gasteiger partial charge in [0, 0.05) is 42.3 Å². The van der Waals surface area contributed by atoms with Gasteiger partial charge in [0.1, 0.15) is 0 Å². The topological polar surface area (TPSA) is 9.72 Å². The Morgan fingerprint density at radius 2 is 0.762 bits per heavy atom. The molecule has 1 aromatic rings. The summed E-state index contributed by atoms with van der Waals surface area (Å²) >= 11 is 0. The summed E-state index contributed by atoms with van der Waals surface area (Å²) in [6.45, 7) is 0. The van der Waals surface area contributed by atoms with E-state index in [0.29, 0.717) is 0 Å². The molecule has 0 aliphatic carbocycles. The molecule has 0 amide bonds. The Balaban J connectivity index is 3.12. The smallest absolute Gasteiger partial charge is 0.00556 e. The van der Waals surface area contributed by atoms with Crippen molar-refractivity contribution in [1.82, 2.24) is 14.7 Å². The molecule has 0 N–H and O–H groups in total. The van der Waals surface area contributed by atoms with E-state index < -0.39 is 0 Å². The molecule has 3 nitrogen and oxygen atoms in total. The Labute approximate surface area is 129 Å². The largest absolute Gasteiger partial charge is 0.383 e. The maximum absolute atomic E-state index is 2.19. The summed E-state index contributed by atoms with van der Waals surface area (Å²) in [6, 6.07) is 6.56. The minimum absolute atomic E-state index is 1.20. The standard InChI is InChI=1S/C18H27N3/c1-19(2)10-7-16-13-17(8-11-20(3)4)15-18(14-16)9-12-21(5)6/h7-15H,1-6H3/b10-7+,11-8+,12-9+. The molecule has 0 radical (unpaired) electrons. The van der Waals surface area contributed by atoms with Gasteiger partial charge in [0.2, 0.25) is 0 Å². The van der Waals surface area contributed by atoms with Crippen LogP contribution in [0.3, 0.4) is 0 Å². The summed E-state index contributed by atoms with van der Waals surface area (Å²) < 4.78 is 0. The first-order valence-electron chi connectivity index (χ1n) is 7.06. The maximum atomic E-state index is 2.19. The maximum Gasteiger partial charge on any atom is 0.00556 e. The van der Waals surface area contributed by atoms with Gasteiger partial charge in [-0.05, 0) is 71.7 Å². The number of hydrogen-bond donors (Lipinski definition) is 0. The van der Waals surface area contributed by atoms with Crippen LogP contribution in [0, 0.1) is 0 Å². The molecule has 0 aliphatic heterocycles. The fourth-order valence-electron chi connectivity index (χ4n) is 1.70. The molecule has 0 atom stereocenters. The molecule has 0 bridgehead atoms. The average Bonchev–Trinajstić information content (AvgIpc) is 2.40. The summed E-state index contributed by atoms with van der Waals surface area (Å²) in [5.74, 6) is 0. The van der Waals surface area contributed by atoms with Crippen molar-refractivity contribution in [2.45, 2.75) is 0 Å². The van der Waals surface area contributed by atoms with E-state index in [1.165, 1.54) is 16.7 Å². The lowest BCUT2D eigenvalue weighted by molar-refractivity contribution is 0.567. The molecular formula is C18H27N3. The first kappa shape index (κ1) is 16.9. The SMILES string of the molecule is CN(C)/C=C/c1cc(/C=C/N(C)C)cc(/C=C/N(C)C)c1. The Kier molecular flexibility index (Phi) is 6.60. The zero-order valence-corrected chi connectivity index (χ0v) is 14.0. The second-order valence-corrected chi connectivity index (χ2v) is 5.77. The van der Waals surface area contributed by atoms with Crippen LogP contribution in [-0.2, 0) is 0 Å². The molecule has 0 fully saturated rings. The molecule has 0 aliphatic rings. The van der Waals surface area contributed by atoms with E-state index in [0.717, 1.165) is 0 Å². The molecule has 0 aromatic heterocycles. The monoisotopic (exact) mass is 285 g/mol. The Morgan fingerprint density at radius 3 is 0.952 bits per heavy atom. The van der Waals surface area contributed by atoms with Crippen molar-refractivity contribution in [3.63, 3.8) is 0 Å². The Hall–Kier alpha value is -2.16. The van der Waals surface area contributed by atoms with Crippen LogP contribution in [-0.4, -0.2) is 57.0 Å². The van der Waals surface area contributed by atoms with Crippen molar-refractivity contribution < 1.29 is 0 Å². The van der Waals surface area contributed by atoms with Crippen molar-refractivity contribution in [3.8, 4) is 0 Å². The van der Waals surface area contributed by atoms with Crippen molar-refractivity contribution >= 4 is 18.2 Å². The first-order chi connectivity index (χ1) is 9.86. The van der Waals surface area contributed by atoms with E-state index in [2.05, 4.69) is 55.0 Å². The van der Waals surface area contributed by atoms with E-state index in [9.17, 15) is 0 Å². The average molecular weight is 285 g/mol. The normalized spacial score (nSPS) is 11.7. The molecule has 0 saturated heterocycles. The molecule has 21 heavy (non-hydrogen) atoms. The Bertz CT molecular complexity index is 435. The van der Waals surface area contributed by atoms with Crippen LogP contribution in [0.4, 0.5) is 0 Å². The van der Waals surface area contributed by atoms with Crippen molar-refractivity contribution in [3.05, 3.63) is 53.5 Å². The lowest BCUT2D eigenvalue weighted by atomic mass is 10.0. The van der Waals surface area contributed by atoms with Crippen molar-refractivity contribution in [1.29, 1.82) is 0 Å². The van der Waals surface area contributed by atoms with Crippen LogP contribution in [0.1, 0.15) is 16.7 Å². The van der Waals surface area contributed by atoms with Gasteiger partial charge in [-0.2, -0.15) is 0 Å². The predicted octanol–water partition coefficient (Wildman–Crippen LogP) is 3.28. The van der Waals surface area contributed by atoms with Crippen molar-refractivity contribution in [2.75, 3.05) is 42.3 Å². The third kappa shape index (κ3) is 7.25. The molecule has 0 unspecified atom stereocenters. The molecule has 0 spiro atoms. The summed E-state index contributed by atoms with van der Waals surface area (Å²) in [5, 5.41) is 0. The summed E-state index contributed by atoms with van der Waals surface area (Å²) in [7, 11) is 12.2. The highest BCUT2D eigenvalue weighted by molar-refractivity contribution is 5.64. The van der Waals surface area contributed by atoms with E-state index in [1.807, 2.05) is 57.0 Å². The zero-order chi connectivity index (χ0) is 15.8. The van der Waals surface area contributed by atoms with Gasteiger partial charge in [-0.25, -0.2) is 0 Å². The number of rotatable bonds is 6. The fraction of sp³-hybridized carbons (Fsp3) is 0.333. The molecule has 0 heterocycles. The molecule has 0 saturated carbocycles. The fourth-order valence-corrected chi connectivity index (χ4v) is 1.70. The van der Waals surface area contributed by atoms with E-state index in [-0.39, 0.29) is 0 Å². The highest BCUT2D eigenvalue weighted by Crippen LogP contribution is 2.15. The summed E-state index contributed by atoms with van der Waals surface area (Å²) in [6.07, 6.45) is 12.6. The van der Waals surface area contributed by atoms with Gasteiger partial charge in [0.15, 0.2) is 0 Å². The third-order valence-electron chi connectivity index (χ3n) is 2.70. The highest BCUT2D eigenvalue weighted by Gasteiger charge is 1.96. The van der Waals surface area contributed by atoms with E-state index in [4.69, 9.17) is 0 Å². The second-order valence-electron chi connectivity index (χ2n) is 5.77. The second kappa shape index (κ2) is 8.20. The van der Waals surface area contributed by atoms with E-state index >= 15 is 0 Å². The van der Waals surface area contributed by atoms with Crippen LogP contribution < -0.4 is 0 Å². The molecule has 3 heteroatoms. The van der Waals surface area contributed by atoms with Gasteiger partial charge in [0.05, 0.1) is 0 Å². The van der Waals surface area contributed by atoms with Gasteiger partial charge in [-0.1, -0.05) is 0 Å². The lowest BCUT2D eigenvalue weighted by Crippen LogP contribution is -2.00. The first-order valence-corrected chi connectivity index (χ1v) is 7.06. The van der Waals surface area contributed by atoms with Gasteiger partial charge < -0.3 is 14.7 Å². The molecule has 1 rings (SSSR count). The molecule has 114 valence electrons. The van der Waals surface area contributed by atoms with Crippen molar-refractivity contribution in [2.24, 2.45) is 0 Å². The van der Waals surface area contributed by atoms with Crippen LogP contribution in [0.15, 0.2) is 36.8 Å². The van der Waals surface area contributed by atoms with Crippen LogP contribution in [0.25, 0.3) is 18.2 Å². The van der Waals surface area contributed by atoms with Gasteiger partial charge >= 0.3 is 0 Å². The number of benzene rings is 1. The summed E-state index contributed by atoms with van der Waals surface area (Å²) in [5.41, 5.74) is 3.59. The van der Waals surface area contributed by atoms with Crippen LogP contribution in [0.5, 0.6) is 0 Å². The van der Waals surface area contributed by atoms with Gasteiger partial charge in [-0.15, -0.1) is 0 Å². The zero-order valence-electron chi connectivity index (χ0n) is 14.0. The Morgan fingerprint density at radius 1 is 0.524 bits per heavy atom. The summed E-state index contributed by atoms with van der Waals surface area (Å²) in [4.78, 5) is 6.12. The number of nitrogens with zero attached hydrogens (tertiary/aromatic N) is 3. The minimum Gasteiger partial charge on any atom is -0.383 e. The molecule has 1 aromatic carbocycles. The quantitative estimate of drug-likeness (QED) is 0.794. The van der Waals surface area contributed by atoms with E-state index in [1.54, 1.807) is 0 Å². The third-order valence-corrected chi connectivity index (χ3v) is 2.70. The van der Waals surface area contributed by atoms with Gasteiger partial charge in [-0.3, -0.25) is 0 Å². The van der Waals surface area contributed by atoms with Gasteiger partial charge in [0.25, 0.3) is 0 Å². The molecular weight excluding hydrogens is 258 g/mol. The van der Waals surface area contributed by atoms with Crippen LogP contribution >= 0.6 is 0 Å². The number of hydrogen-bond acceptors (Lipinski definition) is 3. The predicted molar refractivity (Wildman–Crippen MR) is 94.6 cm³/mol. The highest BCUT2D eigenvalue weighted by atomic mass is 15.0. The lowest BCUT2D eigenvalue weighted by Gasteiger charge is -2.08. The van der Waals surface area contributed by atoms with Crippen LogP contribution in [0.2, 0.25) is 0 Å². The minimum atomic E-state index is 1.20.